The van der Waals surface area contributed by atoms with Crippen molar-refractivity contribution in [2.24, 2.45) is 0 Å². The Hall–Kier alpha value is -2.78. The summed E-state index contributed by atoms with van der Waals surface area (Å²) in [6, 6.07) is 13.3. The minimum Gasteiger partial charge on any atom is -0.376 e. The summed E-state index contributed by atoms with van der Waals surface area (Å²) in [5.41, 5.74) is 2.14. The van der Waals surface area contributed by atoms with Gasteiger partial charge in [-0.2, -0.15) is 13.2 Å². The first-order valence-electron chi connectivity index (χ1n) is 10.4. The Bertz CT molecular complexity index is 1210. The summed E-state index contributed by atoms with van der Waals surface area (Å²) in [5.74, 6) is 1.25. The molecular weight excluding hydrogens is 437 g/mol. The van der Waals surface area contributed by atoms with Gasteiger partial charge >= 0.3 is 6.18 Å². The molecule has 5 rings (SSSR count). The maximum atomic E-state index is 12.8. The number of aromatic amines is 1. The number of benzene rings is 2. The third-order valence-corrected chi connectivity index (χ3v) is 6.64. The van der Waals surface area contributed by atoms with Crippen LogP contribution >= 0.6 is 11.8 Å². The standard InChI is InChI=1S/C23H21F3N4OS/c24-23(25,26)16-9-7-15(8-10-16)14-32-22-29-28-21(30(22)13-17-4-3-11-31-17)19-12-27-20-6-2-1-5-18(19)20/h1-2,5-10,12,17,27H,3-4,11,13-14H2. The molecule has 0 radical (unpaired) electrons. The van der Waals surface area contributed by atoms with Crippen molar-refractivity contribution >= 4 is 22.7 Å². The number of alkyl halides is 3. The van der Waals surface area contributed by atoms with Crippen molar-refractivity contribution < 1.29 is 17.9 Å². The Morgan fingerprint density at radius 1 is 1.09 bits per heavy atom. The molecule has 1 N–H and O–H groups in total. The van der Waals surface area contributed by atoms with Crippen molar-refractivity contribution in [2.75, 3.05) is 6.61 Å². The van der Waals surface area contributed by atoms with E-state index in [0.717, 1.165) is 64.6 Å². The molecule has 0 spiro atoms. The molecular formula is C23H21F3N4OS. The number of ether oxygens (including phenoxy) is 1. The lowest BCUT2D eigenvalue weighted by molar-refractivity contribution is -0.137. The van der Waals surface area contributed by atoms with E-state index in [0.29, 0.717) is 12.3 Å². The molecule has 0 aliphatic carbocycles. The van der Waals surface area contributed by atoms with Crippen LogP contribution in [0.3, 0.4) is 0 Å². The lowest BCUT2D eigenvalue weighted by Gasteiger charge is -2.14. The van der Waals surface area contributed by atoms with Gasteiger partial charge in [0.1, 0.15) is 0 Å². The number of nitrogens with one attached hydrogen (secondary N) is 1. The van der Waals surface area contributed by atoms with Gasteiger partial charge in [0.25, 0.3) is 0 Å². The number of rotatable bonds is 6. The van der Waals surface area contributed by atoms with E-state index in [9.17, 15) is 13.2 Å². The highest BCUT2D eigenvalue weighted by Crippen LogP contribution is 2.33. The van der Waals surface area contributed by atoms with Crippen LogP contribution in [0.25, 0.3) is 22.3 Å². The van der Waals surface area contributed by atoms with Gasteiger partial charge < -0.3 is 9.72 Å². The van der Waals surface area contributed by atoms with Gasteiger partial charge in [0, 0.05) is 35.0 Å². The lowest BCUT2D eigenvalue weighted by atomic mass is 10.1. The SMILES string of the molecule is FC(F)(F)c1ccc(CSc2nnc(-c3c[nH]c4ccccc34)n2CC2CCCO2)cc1. The number of nitrogens with zero attached hydrogens (tertiary/aromatic N) is 3. The number of halogens is 3. The molecule has 166 valence electrons. The molecule has 1 atom stereocenters. The minimum atomic E-state index is -4.33. The largest absolute Gasteiger partial charge is 0.416 e. The first kappa shape index (κ1) is 21.1. The molecule has 0 bridgehead atoms. The summed E-state index contributed by atoms with van der Waals surface area (Å²) in [4.78, 5) is 3.28. The van der Waals surface area contributed by atoms with Crippen molar-refractivity contribution in [3.8, 4) is 11.4 Å². The first-order valence-corrected chi connectivity index (χ1v) is 11.4. The van der Waals surface area contributed by atoms with E-state index in [1.165, 1.54) is 23.9 Å². The Labute approximate surface area is 187 Å². The van der Waals surface area contributed by atoms with Crippen LogP contribution in [-0.4, -0.2) is 32.5 Å². The summed E-state index contributed by atoms with van der Waals surface area (Å²) in [5, 5.41) is 10.7. The van der Waals surface area contributed by atoms with Gasteiger partial charge in [0.2, 0.25) is 0 Å². The zero-order valence-corrected chi connectivity index (χ0v) is 17.9. The Morgan fingerprint density at radius 3 is 2.66 bits per heavy atom. The predicted octanol–water partition coefficient (Wildman–Crippen LogP) is 5.92. The smallest absolute Gasteiger partial charge is 0.376 e. The highest BCUT2D eigenvalue weighted by atomic mass is 32.2. The maximum absolute atomic E-state index is 12.8. The van der Waals surface area contributed by atoms with Crippen LogP contribution in [0, 0.1) is 0 Å². The van der Waals surface area contributed by atoms with E-state index >= 15 is 0 Å². The van der Waals surface area contributed by atoms with E-state index < -0.39 is 11.7 Å². The molecule has 1 aliphatic heterocycles. The number of hydrogen-bond donors (Lipinski definition) is 1. The molecule has 1 saturated heterocycles. The zero-order chi connectivity index (χ0) is 22.1. The summed E-state index contributed by atoms with van der Waals surface area (Å²) < 4.78 is 46.4. The minimum absolute atomic E-state index is 0.0976. The van der Waals surface area contributed by atoms with Crippen molar-refractivity contribution in [3.63, 3.8) is 0 Å². The van der Waals surface area contributed by atoms with Gasteiger partial charge in [-0.15, -0.1) is 10.2 Å². The fourth-order valence-electron chi connectivity index (χ4n) is 3.95. The Kier molecular flexibility index (Phi) is 5.69. The molecule has 2 aromatic heterocycles. The number of aromatic nitrogens is 4. The first-order chi connectivity index (χ1) is 15.5. The molecule has 1 fully saturated rings. The summed E-state index contributed by atoms with van der Waals surface area (Å²) in [6.45, 7) is 1.39. The number of fused-ring (bicyclic) bond motifs is 1. The second-order valence-corrected chi connectivity index (χ2v) is 8.73. The fourth-order valence-corrected chi connectivity index (χ4v) is 4.85. The maximum Gasteiger partial charge on any atom is 0.416 e. The number of para-hydroxylation sites is 1. The molecule has 3 heterocycles. The quantitative estimate of drug-likeness (QED) is 0.365. The zero-order valence-electron chi connectivity index (χ0n) is 17.1. The van der Waals surface area contributed by atoms with Crippen LogP contribution in [0.2, 0.25) is 0 Å². The normalized spacial score (nSPS) is 16.8. The van der Waals surface area contributed by atoms with Crippen molar-refractivity contribution in [1.82, 2.24) is 19.7 Å². The second-order valence-electron chi connectivity index (χ2n) is 7.78. The number of H-pyrrole nitrogens is 1. The monoisotopic (exact) mass is 458 g/mol. The van der Waals surface area contributed by atoms with Gasteiger partial charge in [-0.25, -0.2) is 0 Å². The lowest BCUT2D eigenvalue weighted by Crippen LogP contribution is -2.16. The molecule has 4 aromatic rings. The topological polar surface area (TPSA) is 55.7 Å². The van der Waals surface area contributed by atoms with E-state index in [1.54, 1.807) is 0 Å². The third-order valence-electron chi connectivity index (χ3n) is 5.61. The molecule has 0 saturated carbocycles. The molecule has 5 nitrogen and oxygen atoms in total. The summed E-state index contributed by atoms with van der Waals surface area (Å²) >= 11 is 1.46. The van der Waals surface area contributed by atoms with Crippen LogP contribution in [0.5, 0.6) is 0 Å². The number of thioether (sulfide) groups is 1. The van der Waals surface area contributed by atoms with Gasteiger partial charge in [-0.05, 0) is 36.6 Å². The molecule has 1 aliphatic rings. The molecule has 32 heavy (non-hydrogen) atoms. The Balaban J connectivity index is 1.43. The van der Waals surface area contributed by atoms with Gasteiger partial charge in [-0.3, -0.25) is 4.57 Å². The fraction of sp³-hybridized carbons (Fsp3) is 0.304. The van der Waals surface area contributed by atoms with Crippen LogP contribution in [0.15, 0.2) is 59.9 Å². The average Bonchev–Trinajstić information content (AvgIpc) is 3.52. The van der Waals surface area contributed by atoms with Crippen molar-refractivity contribution in [3.05, 3.63) is 65.9 Å². The number of hydrogen-bond acceptors (Lipinski definition) is 4. The molecule has 2 aromatic carbocycles. The highest BCUT2D eigenvalue weighted by molar-refractivity contribution is 7.98. The van der Waals surface area contributed by atoms with Crippen LogP contribution in [0.1, 0.15) is 24.0 Å². The van der Waals surface area contributed by atoms with E-state index in [1.807, 2.05) is 30.5 Å². The van der Waals surface area contributed by atoms with Gasteiger partial charge in [0.05, 0.1) is 18.2 Å². The van der Waals surface area contributed by atoms with E-state index in [2.05, 4.69) is 19.7 Å². The molecule has 0 amide bonds. The van der Waals surface area contributed by atoms with Crippen molar-refractivity contribution in [1.29, 1.82) is 0 Å². The average molecular weight is 459 g/mol. The molecule has 1 unspecified atom stereocenters. The summed E-state index contributed by atoms with van der Waals surface area (Å²) in [6.07, 6.45) is -0.287. The van der Waals surface area contributed by atoms with Crippen LogP contribution < -0.4 is 0 Å². The predicted molar refractivity (Wildman–Crippen MR) is 117 cm³/mol. The second kappa shape index (κ2) is 8.63. The van der Waals surface area contributed by atoms with E-state index in [-0.39, 0.29) is 6.10 Å². The third kappa shape index (κ3) is 4.27. The van der Waals surface area contributed by atoms with Crippen LogP contribution in [-0.2, 0) is 23.2 Å². The van der Waals surface area contributed by atoms with Gasteiger partial charge in [-0.1, -0.05) is 42.1 Å². The summed E-state index contributed by atoms with van der Waals surface area (Å²) in [7, 11) is 0. The highest BCUT2D eigenvalue weighted by Gasteiger charge is 2.30. The molecule has 9 heteroatoms. The van der Waals surface area contributed by atoms with E-state index in [4.69, 9.17) is 4.74 Å². The Morgan fingerprint density at radius 2 is 1.91 bits per heavy atom. The van der Waals surface area contributed by atoms with Crippen molar-refractivity contribution in [2.45, 2.75) is 42.6 Å². The van der Waals surface area contributed by atoms with Gasteiger partial charge in [0.15, 0.2) is 11.0 Å². The van der Waals surface area contributed by atoms with Crippen LogP contribution in [0.4, 0.5) is 13.2 Å².